The molecule has 2 aromatic carbocycles. The summed E-state index contributed by atoms with van der Waals surface area (Å²) in [6, 6.07) is 12.9. The van der Waals surface area contributed by atoms with Crippen molar-refractivity contribution in [1.29, 1.82) is 0 Å². The highest BCUT2D eigenvalue weighted by atomic mass is 32.2. The van der Waals surface area contributed by atoms with E-state index in [2.05, 4.69) is 22.2 Å². The number of hydrogen-bond acceptors (Lipinski definition) is 5. The second-order valence-corrected chi connectivity index (χ2v) is 9.46. The number of nitrogens with one attached hydrogen (secondary N) is 1. The molecule has 6 nitrogen and oxygen atoms in total. The quantitative estimate of drug-likeness (QED) is 0.726. The van der Waals surface area contributed by atoms with Gasteiger partial charge in [-0.15, -0.1) is 0 Å². The number of nitrogens with zero attached hydrogens (tertiary/aromatic N) is 2. The first kappa shape index (κ1) is 23.2. The van der Waals surface area contributed by atoms with Crippen LogP contribution in [-0.4, -0.2) is 69.4 Å². The molecule has 1 fully saturated rings. The molecule has 1 aliphatic rings. The third kappa shape index (κ3) is 5.63. The number of carbonyl (C=O) groups excluding carboxylic acids is 1. The van der Waals surface area contributed by atoms with E-state index in [-0.39, 0.29) is 11.6 Å². The summed E-state index contributed by atoms with van der Waals surface area (Å²) < 4.78 is 61.1. The van der Waals surface area contributed by atoms with E-state index in [0.29, 0.717) is 6.54 Å². The summed E-state index contributed by atoms with van der Waals surface area (Å²) in [4.78, 5) is 16.3. The lowest BCUT2D eigenvalue weighted by molar-refractivity contribution is -0.0436. The van der Waals surface area contributed by atoms with E-state index in [9.17, 15) is 26.4 Å². The standard InChI is InChI=1S/C21H24F3N3O3S/c1-26-11-13-27(14-12-26)15-19(16-5-3-2-4-6-16)25-20(28)17-7-9-18(10-8-17)31(29,30)21(22,23)24/h2-10,19H,11-15H2,1H3,(H,25,28). The summed E-state index contributed by atoms with van der Waals surface area (Å²) in [5.74, 6) is -0.487. The zero-order valence-electron chi connectivity index (χ0n) is 17.0. The van der Waals surface area contributed by atoms with Crippen LogP contribution in [0.5, 0.6) is 0 Å². The van der Waals surface area contributed by atoms with Crippen LogP contribution in [0.25, 0.3) is 0 Å². The van der Waals surface area contributed by atoms with Crippen LogP contribution in [0.4, 0.5) is 13.2 Å². The lowest BCUT2D eigenvalue weighted by Crippen LogP contribution is -2.47. The van der Waals surface area contributed by atoms with Crippen LogP contribution in [0.2, 0.25) is 0 Å². The molecule has 10 heteroatoms. The van der Waals surface area contributed by atoms with Gasteiger partial charge in [0.1, 0.15) is 0 Å². The Morgan fingerprint density at radius 1 is 1.00 bits per heavy atom. The van der Waals surface area contributed by atoms with Crippen molar-refractivity contribution in [2.75, 3.05) is 39.8 Å². The third-order valence-corrected chi connectivity index (χ3v) is 6.78. The van der Waals surface area contributed by atoms with E-state index >= 15 is 0 Å². The van der Waals surface area contributed by atoms with Gasteiger partial charge in [0.2, 0.25) is 0 Å². The van der Waals surface area contributed by atoms with Crippen LogP contribution in [-0.2, 0) is 9.84 Å². The van der Waals surface area contributed by atoms with Crippen molar-refractivity contribution in [1.82, 2.24) is 15.1 Å². The monoisotopic (exact) mass is 455 g/mol. The van der Waals surface area contributed by atoms with Gasteiger partial charge in [0.25, 0.3) is 15.7 Å². The molecule has 0 spiro atoms. The Hall–Kier alpha value is -2.43. The van der Waals surface area contributed by atoms with E-state index < -0.39 is 26.1 Å². The van der Waals surface area contributed by atoms with E-state index in [1.807, 2.05) is 30.3 Å². The van der Waals surface area contributed by atoms with Crippen molar-refractivity contribution < 1.29 is 26.4 Å². The summed E-state index contributed by atoms with van der Waals surface area (Å²) in [6.45, 7) is 4.15. The maximum absolute atomic E-state index is 12.8. The van der Waals surface area contributed by atoms with E-state index in [4.69, 9.17) is 0 Å². The molecule has 1 atom stereocenters. The Morgan fingerprint density at radius 2 is 1.58 bits per heavy atom. The van der Waals surface area contributed by atoms with Crippen LogP contribution >= 0.6 is 0 Å². The number of sulfone groups is 1. The summed E-state index contributed by atoms with van der Waals surface area (Å²) in [7, 11) is -3.40. The van der Waals surface area contributed by atoms with Crippen molar-refractivity contribution in [3.8, 4) is 0 Å². The summed E-state index contributed by atoms with van der Waals surface area (Å²) in [5.41, 5.74) is -4.40. The van der Waals surface area contributed by atoms with Gasteiger partial charge in [-0.05, 0) is 36.9 Å². The third-order valence-electron chi connectivity index (χ3n) is 5.28. The minimum atomic E-state index is -5.45. The summed E-state index contributed by atoms with van der Waals surface area (Å²) in [6.07, 6.45) is 0. The largest absolute Gasteiger partial charge is 0.501 e. The van der Waals surface area contributed by atoms with Crippen LogP contribution in [0, 0.1) is 0 Å². The SMILES string of the molecule is CN1CCN(CC(NC(=O)c2ccc(S(=O)(=O)C(F)(F)F)cc2)c2ccccc2)CC1. The molecule has 31 heavy (non-hydrogen) atoms. The van der Waals surface area contributed by atoms with Crippen molar-refractivity contribution in [2.45, 2.75) is 16.4 Å². The second-order valence-electron chi connectivity index (χ2n) is 7.51. The maximum Gasteiger partial charge on any atom is 0.501 e. The molecule has 2 aromatic rings. The average Bonchev–Trinajstić information content (AvgIpc) is 2.74. The minimum Gasteiger partial charge on any atom is -0.344 e. The van der Waals surface area contributed by atoms with E-state index in [0.717, 1.165) is 56.0 Å². The Balaban J connectivity index is 1.76. The molecule has 3 rings (SSSR count). The number of hydrogen-bond donors (Lipinski definition) is 1. The predicted molar refractivity (Wildman–Crippen MR) is 110 cm³/mol. The molecule has 1 saturated heterocycles. The van der Waals surface area contributed by atoms with Crippen molar-refractivity contribution in [2.24, 2.45) is 0 Å². The Bertz CT molecular complexity index is 988. The van der Waals surface area contributed by atoms with Gasteiger partial charge in [0.15, 0.2) is 0 Å². The fourth-order valence-corrected chi connectivity index (χ4v) is 4.13. The zero-order valence-corrected chi connectivity index (χ0v) is 17.8. The van der Waals surface area contributed by atoms with Gasteiger partial charge in [0, 0.05) is 38.3 Å². The number of benzene rings is 2. The highest BCUT2D eigenvalue weighted by Crippen LogP contribution is 2.30. The first-order valence-corrected chi connectivity index (χ1v) is 11.2. The van der Waals surface area contributed by atoms with Crippen molar-refractivity contribution in [3.63, 3.8) is 0 Å². The first-order valence-electron chi connectivity index (χ1n) is 9.76. The van der Waals surface area contributed by atoms with Crippen LogP contribution in [0.1, 0.15) is 22.0 Å². The Morgan fingerprint density at radius 3 is 2.13 bits per heavy atom. The maximum atomic E-state index is 12.8. The number of alkyl halides is 3. The van der Waals surface area contributed by atoms with Gasteiger partial charge < -0.3 is 10.2 Å². The fraction of sp³-hybridized carbons (Fsp3) is 0.381. The van der Waals surface area contributed by atoms with Crippen molar-refractivity contribution >= 4 is 15.7 Å². The minimum absolute atomic E-state index is 0.0837. The van der Waals surface area contributed by atoms with Gasteiger partial charge in [-0.2, -0.15) is 13.2 Å². The normalized spacial score (nSPS) is 17.3. The molecule has 0 aromatic heterocycles. The lowest BCUT2D eigenvalue weighted by atomic mass is 10.0. The zero-order chi connectivity index (χ0) is 22.6. The Labute approximate surface area is 179 Å². The number of amides is 1. The Kier molecular flexibility index (Phi) is 7.03. The van der Waals surface area contributed by atoms with Crippen LogP contribution in [0.3, 0.4) is 0 Å². The van der Waals surface area contributed by atoms with E-state index in [1.54, 1.807) is 0 Å². The number of halogens is 3. The van der Waals surface area contributed by atoms with E-state index in [1.165, 1.54) is 0 Å². The van der Waals surface area contributed by atoms with Crippen LogP contribution < -0.4 is 5.32 Å². The molecule has 0 bridgehead atoms. The highest BCUT2D eigenvalue weighted by Gasteiger charge is 2.46. The molecule has 0 radical (unpaired) electrons. The van der Waals surface area contributed by atoms with Gasteiger partial charge in [-0.1, -0.05) is 30.3 Å². The van der Waals surface area contributed by atoms with Gasteiger partial charge in [0.05, 0.1) is 10.9 Å². The number of likely N-dealkylation sites (N-methyl/N-ethyl adjacent to an activating group) is 1. The molecule has 1 unspecified atom stereocenters. The average molecular weight is 456 g/mol. The molecule has 1 heterocycles. The highest BCUT2D eigenvalue weighted by molar-refractivity contribution is 7.92. The van der Waals surface area contributed by atoms with Gasteiger partial charge >= 0.3 is 5.51 Å². The molecule has 1 N–H and O–H groups in total. The number of rotatable bonds is 6. The summed E-state index contributed by atoms with van der Waals surface area (Å²) >= 11 is 0. The molecular formula is C21H24F3N3O3S. The molecule has 0 saturated carbocycles. The molecular weight excluding hydrogens is 431 g/mol. The fourth-order valence-electron chi connectivity index (χ4n) is 3.37. The summed E-state index contributed by atoms with van der Waals surface area (Å²) in [5, 5.41) is 2.93. The molecule has 0 aliphatic carbocycles. The topological polar surface area (TPSA) is 69.7 Å². The number of piperazine rings is 1. The molecule has 1 aliphatic heterocycles. The number of carbonyl (C=O) groups is 1. The van der Waals surface area contributed by atoms with Gasteiger partial charge in [-0.25, -0.2) is 8.42 Å². The second kappa shape index (κ2) is 9.37. The lowest BCUT2D eigenvalue weighted by Gasteiger charge is -2.35. The van der Waals surface area contributed by atoms with Gasteiger partial charge in [-0.3, -0.25) is 9.69 Å². The predicted octanol–water partition coefficient (Wildman–Crippen LogP) is 2.70. The molecule has 168 valence electrons. The smallest absolute Gasteiger partial charge is 0.344 e. The van der Waals surface area contributed by atoms with Crippen LogP contribution in [0.15, 0.2) is 59.5 Å². The molecule has 1 amide bonds. The first-order chi connectivity index (χ1) is 14.6. The van der Waals surface area contributed by atoms with Crippen molar-refractivity contribution in [3.05, 3.63) is 65.7 Å².